The van der Waals surface area contributed by atoms with E-state index in [2.05, 4.69) is 4.65 Å². The average Bonchev–Trinajstić information content (AvgIpc) is 2.22. The van der Waals surface area contributed by atoms with Crippen molar-refractivity contribution in [2.45, 2.75) is 19.4 Å². The summed E-state index contributed by atoms with van der Waals surface area (Å²) in [6, 6.07) is 6.15. The van der Waals surface area contributed by atoms with E-state index in [0.717, 1.165) is 0 Å². The highest BCUT2D eigenvalue weighted by molar-refractivity contribution is 6.32. The molecule has 17 heavy (non-hydrogen) atoms. The number of nitrogens with two attached hydrogens (primary N) is 1. The maximum atomic E-state index is 8.67. The molecule has 0 spiro atoms. The minimum atomic E-state index is -1.73. The first-order valence-corrected chi connectivity index (χ1v) is 4.99. The van der Waals surface area contributed by atoms with E-state index in [1.54, 1.807) is 26.0 Å². The van der Waals surface area contributed by atoms with Crippen LogP contribution in [0.2, 0.25) is 0 Å². The van der Waals surface area contributed by atoms with Gasteiger partial charge in [-0.25, -0.2) is 0 Å². The number of hydrogen-bond acceptors (Lipinski definition) is 6. The van der Waals surface area contributed by atoms with E-state index in [-0.39, 0.29) is 18.0 Å². The third-order valence-corrected chi connectivity index (χ3v) is 1.80. The van der Waals surface area contributed by atoms with E-state index in [1.807, 2.05) is 0 Å². The van der Waals surface area contributed by atoms with E-state index in [0.29, 0.717) is 0 Å². The second-order valence-corrected chi connectivity index (χ2v) is 3.90. The van der Waals surface area contributed by atoms with Crippen molar-refractivity contribution in [2.75, 3.05) is 6.54 Å². The van der Waals surface area contributed by atoms with Crippen molar-refractivity contribution in [3.63, 3.8) is 0 Å². The molecule has 0 heterocycles. The maximum Gasteiger partial charge on any atom is 0.634 e. The lowest BCUT2D eigenvalue weighted by molar-refractivity contribution is 0.0567. The summed E-state index contributed by atoms with van der Waals surface area (Å²) in [7, 11) is -1.73. The highest BCUT2D eigenvalue weighted by Crippen LogP contribution is 2.21. The van der Waals surface area contributed by atoms with Gasteiger partial charge in [0.2, 0.25) is 0 Å². The molecule has 1 aromatic rings. The number of phenols is 2. The Labute approximate surface area is 100 Å². The Morgan fingerprint density at radius 3 is 1.76 bits per heavy atom. The second kappa shape index (κ2) is 7.13. The molecule has 0 saturated carbocycles. The number of aromatic hydroxyl groups is 2. The lowest BCUT2D eigenvalue weighted by Gasteiger charge is -2.22. The molecule has 0 atom stereocenters. The molecular formula is C10H18BNO5. The number of para-hydroxylation sites is 2. The fraction of sp³-hybridized carbons (Fsp3) is 0.400. The fourth-order valence-corrected chi connectivity index (χ4v) is 0.798. The van der Waals surface area contributed by atoms with Gasteiger partial charge in [0.25, 0.3) is 0 Å². The van der Waals surface area contributed by atoms with Crippen LogP contribution in [0.25, 0.3) is 0 Å². The molecule has 6 nitrogen and oxygen atoms in total. The Morgan fingerprint density at radius 2 is 1.59 bits per heavy atom. The third-order valence-electron chi connectivity index (χ3n) is 1.80. The summed E-state index contributed by atoms with van der Waals surface area (Å²) in [5.41, 5.74) is 4.55. The van der Waals surface area contributed by atoms with Gasteiger partial charge in [0, 0.05) is 6.54 Å². The number of rotatable bonds is 3. The van der Waals surface area contributed by atoms with Crippen LogP contribution in [0.4, 0.5) is 0 Å². The van der Waals surface area contributed by atoms with Crippen molar-refractivity contribution in [1.29, 1.82) is 0 Å². The first-order valence-electron chi connectivity index (χ1n) is 4.99. The average molecular weight is 243 g/mol. The summed E-state index contributed by atoms with van der Waals surface area (Å²) < 4.78 is 4.57. The molecule has 0 saturated heterocycles. The van der Waals surface area contributed by atoms with Crippen LogP contribution < -0.4 is 5.73 Å². The van der Waals surface area contributed by atoms with Gasteiger partial charge in [-0.3, -0.25) is 0 Å². The molecule has 1 aromatic carbocycles. The van der Waals surface area contributed by atoms with Gasteiger partial charge in [-0.2, -0.15) is 0 Å². The Hall–Kier alpha value is -1.28. The van der Waals surface area contributed by atoms with Crippen LogP contribution in [0.5, 0.6) is 11.5 Å². The van der Waals surface area contributed by atoms with Crippen LogP contribution in [0.15, 0.2) is 24.3 Å². The lowest BCUT2D eigenvalue weighted by atomic mass is 10.1. The van der Waals surface area contributed by atoms with Gasteiger partial charge in [0.1, 0.15) is 0 Å². The van der Waals surface area contributed by atoms with E-state index in [9.17, 15) is 0 Å². The molecular weight excluding hydrogens is 225 g/mol. The Morgan fingerprint density at radius 1 is 1.18 bits per heavy atom. The van der Waals surface area contributed by atoms with Crippen molar-refractivity contribution in [3.8, 4) is 11.5 Å². The van der Waals surface area contributed by atoms with Crippen LogP contribution in [0.3, 0.4) is 0 Å². The van der Waals surface area contributed by atoms with Gasteiger partial charge in [0.15, 0.2) is 11.5 Å². The van der Waals surface area contributed by atoms with Crippen molar-refractivity contribution in [3.05, 3.63) is 24.3 Å². The van der Waals surface area contributed by atoms with Crippen molar-refractivity contribution in [2.24, 2.45) is 5.73 Å². The Bertz CT molecular complexity index is 311. The van der Waals surface area contributed by atoms with Crippen LogP contribution in [-0.4, -0.2) is 39.7 Å². The molecule has 0 bridgehead atoms. The topological polar surface area (TPSA) is 116 Å². The highest BCUT2D eigenvalue weighted by atomic mass is 16.6. The normalized spacial score (nSPS) is 10.4. The molecule has 1 rings (SSSR count). The minimum absolute atomic E-state index is 0.0764. The SMILES string of the molecule is CC(C)(CN)OB(O)O.Oc1ccccc1O. The number of hydrogen-bond donors (Lipinski definition) is 5. The van der Waals surface area contributed by atoms with E-state index in [4.69, 9.17) is 26.0 Å². The molecule has 96 valence electrons. The molecule has 0 aliphatic carbocycles. The van der Waals surface area contributed by atoms with Gasteiger partial charge in [-0.05, 0) is 26.0 Å². The molecule has 0 unspecified atom stereocenters. The smallest absolute Gasteiger partial charge is 0.504 e. The minimum Gasteiger partial charge on any atom is -0.504 e. The van der Waals surface area contributed by atoms with E-state index < -0.39 is 12.9 Å². The molecule has 0 amide bonds. The molecule has 0 radical (unpaired) electrons. The van der Waals surface area contributed by atoms with Gasteiger partial charge in [-0.15, -0.1) is 0 Å². The molecule has 7 heteroatoms. The summed E-state index contributed by atoms with van der Waals surface area (Å²) in [4.78, 5) is 0. The van der Waals surface area contributed by atoms with E-state index in [1.165, 1.54) is 12.1 Å². The van der Waals surface area contributed by atoms with Crippen LogP contribution in [0.1, 0.15) is 13.8 Å². The molecule has 0 aliphatic rings. The van der Waals surface area contributed by atoms with Crippen LogP contribution in [-0.2, 0) is 4.65 Å². The highest BCUT2D eigenvalue weighted by Gasteiger charge is 2.23. The molecule has 0 fully saturated rings. The van der Waals surface area contributed by atoms with Gasteiger partial charge in [-0.1, -0.05) is 12.1 Å². The van der Waals surface area contributed by atoms with Crippen molar-refractivity contribution in [1.82, 2.24) is 0 Å². The van der Waals surface area contributed by atoms with Gasteiger partial charge >= 0.3 is 7.32 Å². The third kappa shape index (κ3) is 7.59. The van der Waals surface area contributed by atoms with Gasteiger partial charge in [0.05, 0.1) is 5.60 Å². The zero-order valence-electron chi connectivity index (χ0n) is 9.87. The Balaban J connectivity index is 0.000000302. The lowest BCUT2D eigenvalue weighted by Crippen LogP contribution is -2.39. The molecule has 6 N–H and O–H groups in total. The second-order valence-electron chi connectivity index (χ2n) is 3.90. The van der Waals surface area contributed by atoms with Gasteiger partial charge < -0.3 is 30.6 Å². The van der Waals surface area contributed by atoms with Crippen LogP contribution in [0, 0.1) is 0 Å². The quantitative estimate of drug-likeness (QED) is 0.371. The summed E-state index contributed by atoms with van der Waals surface area (Å²) in [6.45, 7) is 3.60. The molecule has 0 aliphatic heterocycles. The zero-order chi connectivity index (χ0) is 13.5. The Kier molecular flexibility index (Phi) is 6.59. The van der Waals surface area contributed by atoms with Crippen LogP contribution >= 0.6 is 0 Å². The zero-order valence-corrected chi connectivity index (χ0v) is 9.87. The molecule has 0 aromatic heterocycles. The summed E-state index contributed by atoms with van der Waals surface area (Å²) in [5.74, 6) is -0.153. The summed E-state index contributed by atoms with van der Waals surface area (Å²) in [6.07, 6.45) is 0. The number of phenolic OH excluding ortho intramolecular Hbond substituents is 2. The van der Waals surface area contributed by atoms with E-state index >= 15 is 0 Å². The summed E-state index contributed by atoms with van der Waals surface area (Å²) >= 11 is 0. The maximum absolute atomic E-state index is 8.67. The predicted octanol–water partition coefficient (Wildman–Crippen LogP) is -0.192. The first-order chi connectivity index (χ1) is 7.78. The monoisotopic (exact) mass is 243 g/mol. The predicted molar refractivity (Wildman–Crippen MR) is 64.2 cm³/mol. The first kappa shape index (κ1) is 15.7. The van der Waals surface area contributed by atoms with Crippen molar-refractivity contribution < 1.29 is 24.9 Å². The summed E-state index contributed by atoms with van der Waals surface area (Å²) in [5, 5.41) is 33.9. The standard InChI is InChI=1S/C6H6O2.C4H12BNO3/c7-5-3-1-2-4-6(5)8;1-4(2,3-6)9-5(7)8/h1-4,7-8H;7-8H,3,6H2,1-2H3. The van der Waals surface area contributed by atoms with Crippen molar-refractivity contribution >= 4 is 7.32 Å². The largest absolute Gasteiger partial charge is 0.634 e. The fourth-order valence-electron chi connectivity index (χ4n) is 0.798. The number of benzene rings is 1.